The summed E-state index contributed by atoms with van der Waals surface area (Å²) in [6, 6.07) is 18.4. The Hall–Kier alpha value is -4.39. The molecule has 0 aromatic heterocycles. The fraction of sp³-hybridized carbons (Fsp3) is 0.148. The zero-order valence-electron chi connectivity index (χ0n) is 19.4. The van der Waals surface area contributed by atoms with Gasteiger partial charge in [0.2, 0.25) is 0 Å². The van der Waals surface area contributed by atoms with Crippen LogP contribution in [0, 0.1) is 13.8 Å². The van der Waals surface area contributed by atoms with Crippen LogP contribution in [0.15, 0.2) is 72.3 Å². The van der Waals surface area contributed by atoms with Gasteiger partial charge in [0.1, 0.15) is 17.1 Å². The molecule has 1 saturated heterocycles. The molecule has 4 amide bonds. The molecule has 34 heavy (non-hydrogen) atoms. The summed E-state index contributed by atoms with van der Waals surface area (Å²) in [5, 5.41) is 0. The van der Waals surface area contributed by atoms with Crippen molar-refractivity contribution < 1.29 is 23.9 Å². The highest BCUT2D eigenvalue weighted by Crippen LogP contribution is 2.34. The molecule has 0 radical (unpaired) electrons. The van der Waals surface area contributed by atoms with Crippen LogP contribution < -0.4 is 19.3 Å². The third-order valence-electron chi connectivity index (χ3n) is 5.70. The second-order valence-electron chi connectivity index (χ2n) is 7.80. The van der Waals surface area contributed by atoms with Gasteiger partial charge in [-0.05, 0) is 61.4 Å². The number of aryl methyl sites for hydroxylation is 2. The smallest absolute Gasteiger partial charge is 0.343 e. The number of ether oxygens (including phenoxy) is 2. The molecule has 1 aliphatic heterocycles. The highest BCUT2D eigenvalue weighted by Gasteiger charge is 2.44. The first kappa shape index (κ1) is 22.8. The Morgan fingerprint density at radius 2 is 1.24 bits per heavy atom. The van der Waals surface area contributed by atoms with Gasteiger partial charge in [0, 0.05) is 5.56 Å². The van der Waals surface area contributed by atoms with Gasteiger partial charge in [-0.2, -0.15) is 0 Å². The number of para-hydroxylation sites is 2. The molecular formula is C27H24N2O5. The Labute approximate surface area is 197 Å². The van der Waals surface area contributed by atoms with E-state index >= 15 is 0 Å². The van der Waals surface area contributed by atoms with E-state index in [0.717, 1.165) is 20.9 Å². The van der Waals surface area contributed by atoms with E-state index in [0.29, 0.717) is 28.4 Å². The van der Waals surface area contributed by atoms with E-state index in [1.807, 2.05) is 12.1 Å². The lowest BCUT2D eigenvalue weighted by atomic mass is 10.0. The number of urea groups is 1. The zero-order valence-corrected chi connectivity index (χ0v) is 19.4. The zero-order chi connectivity index (χ0) is 24.4. The summed E-state index contributed by atoms with van der Waals surface area (Å²) in [6.45, 7) is 3.61. The van der Waals surface area contributed by atoms with Crippen LogP contribution in [0.25, 0.3) is 6.08 Å². The van der Waals surface area contributed by atoms with Gasteiger partial charge >= 0.3 is 6.03 Å². The lowest BCUT2D eigenvalue weighted by molar-refractivity contribution is -0.121. The number of rotatable bonds is 5. The maximum atomic E-state index is 13.6. The molecule has 0 bridgehead atoms. The first-order chi connectivity index (χ1) is 16.4. The van der Waals surface area contributed by atoms with Gasteiger partial charge in [0.15, 0.2) is 0 Å². The van der Waals surface area contributed by atoms with Crippen molar-refractivity contribution in [1.82, 2.24) is 0 Å². The van der Waals surface area contributed by atoms with Crippen molar-refractivity contribution in [1.29, 1.82) is 0 Å². The minimum atomic E-state index is -0.728. The summed E-state index contributed by atoms with van der Waals surface area (Å²) in [7, 11) is 3.02. The molecule has 0 atom stereocenters. The van der Waals surface area contributed by atoms with Crippen molar-refractivity contribution >= 4 is 35.3 Å². The van der Waals surface area contributed by atoms with Crippen molar-refractivity contribution in [3.8, 4) is 11.5 Å². The minimum absolute atomic E-state index is 0.169. The Morgan fingerprint density at radius 1 is 0.706 bits per heavy atom. The number of hydrogen-bond donors (Lipinski definition) is 0. The van der Waals surface area contributed by atoms with Crippen LogP contribution in [0.3, 0.4) is 0 Å². The first-order valence-corrected chi connectivity index (χ1v) is 10.6. The summed E-state index contributed by atoms with van der Waals surface area (Å²) in [5.41, 5.74) is 2.57. The number of barbiturate groups is 1. The number of nitrogens with zero attached hydrogens (tertiary/aromatic N) is 2. The van der Waals surface area contributed by atoms with Crippen LogP contribution in [-0.2, 0) is 9.59 Å². The van der Waals surface area contributed by atoms with Gasteiger partial charge in [-0.3, -0.25) is 9.59 Å². The van der Waals surface area contributed by atoms with Gasteiger partial charge in [-0.1, -0.05) is 36.4 Å². The van der Waals surface area contributed by atoms with Crippen molar-refractivity contribution in [3.63, 3.8) is 0 Å². The molecule has 4 rings (SSSR count). The molecule has 0 spiro atoms. The molecular weight excluding hydrogens is 432 g/mol. The molecule has 172 valence electrons. The third kappa shape index (κ3) is 3.92. The Balaban J connectivity index is 1.95. The highest BCUT2D eigenvalue weighted by atomic mass is 16.5. The standard InChI is InChI=1S/C27H24N2O5/c1-17-9-5-7-11-22(17)28-25(30)21(16-19-15-20(33-3)13-14-24(19)34-4)26(31)29(27(28)32)23-12-8-6-10-18(23)2/h5-16H,1-4H3. The fourth-order valence-corrected chi connectivity index (χ4v) is 3.89. The largest absolute Gasteiger partial charge is 0.497 e. The molecule has 3 aromatic carbocycles. The summed E-state index contributed by atoms with van der Waals surface area (Å²) in [4.78, 5) is 43.0. The predicted octanol–water partition coefficient (Wildman–Crippen LogP) is 4.90. The summed E-state index contributed by atoms with van der Waals surface area (Å²) in [5.74, 6) is -0.431. The molecule has 0 unspecified atom stereocenters. The van der Waals surface area contributed by atoms with Gasteiger partial charge < -0.3 is 9.47 Å². The summed E-state index contributed by atoms with van der Waals surface area (Å²) < 4.78 is 10.7. The minimum Gasteiger partial charge on any atom is -0.497 e. The number of benzene rings is 3. The molecule has 0 aliphatic carbocycles. The summed E-state index contributed by atoms with van der Waals surface area (Å²) >= 11 is 0. The molecule has 0 saturated carbocycles. The lowest BCUT2D eigenvalue weighted by Crippen LogP contribution is -2.57. The van der Waals surface area contributed by atoms with Gasteiger partial charge in [0.25, 0.3) is 11.8 Å². The Kier molecular flexibility index (Phi) is 6.19. The fourth-order valence-electron chi connectivity index (χ4n) is 3.89. The maximum absolute atomic E-state index is 13.6. The first-order valence-electron chi connectivity index (χ1n) is 10.6. The van der Waals surface area contributed by atoms with Crippen molar-refractivity contribution in [2.24, 2.45) is 0 Å². The Morgan fingerprint density at radius 3 is 1.71 bits per heavy atom. The number of carbonyl (C=O) groups is 3. The predicted molar refractivity (Wildman–Crippen MR) is 130 cm³/mol. The van der Waals surface area contributed by atoms with Crippen LogP contribution in [0.1, 0.15) is 16.7 Å². The molecule has 1 fully saturated rings. The monoisotopic (exact) mass is 456 g/mol. The van der Waals surface area contributed by atoms with Crippen LogP contribution in [-0.4, -0.2) is 32.1 Å². The van der Waals surface area contributed by atoms with Gasteiger partial charge in [-0.25, -0.2) is 14.6 Å². The van der Waals surface area contributed by atoms with Crippen molar-refractivity contribution in [3.05, 3.63) is 89.0 Å². The van der Waals surface area contributed by atoms with E-state index in [9.17, 15) is 14.4 Å². The van der Waals surface area contributed by atoms with Crippen LogP contribution in [0.4, 0.5) is 16.2 Å². The van der Waals surface area contributed by atoms with Crippen LogP contribution in [0.2, 0.25) is 0 Å². The molecule has 7 nitrogen and oxygen atoms in total. The van der Waals surface area contributed by atoms with Gasteiger partial charge in [-0.15, -0.1) is 0 Å². The number of methoxy groups -OCH3 is 2. The number of anilines is 2. The Bertz CT molecular complexity index is 1260. The summed E-state index contributed by atoms with van der Waals surface area (Å²) in [6.07, 6.45) is 1.44. The molecule has 1 heterocycles. The van der Waals surface area contributed by atoms with Crippen LogP contribution in [0.5, 0.6) is 11.5 Å². The third-order valence-corrected chi connectivity index (χ3v) is 5.70. The quantitative estimate of drug-likeness (QED) is 0.403. The number of amides is 4. The second-order valence-corrected chi connectivity index (χ2v) is 7.80. The second kappa shape index (κ2) is 9.23. The maximum Gasteiger partial charge on any atom is 0.343 e. The van der Waals surface area contributed by atoms with Gasteiger partial charge in [0.05, 0.1) is 25.6 Å². The highest BCUT2D eigenvalue weighted by molar-refractivity contribution is 6.46. The van der Waals surface area contributed by atoms with E-state index < -0.39 is 17.8 Å². The molecule has 1 aliphatic rings. The van der Waals surface area contributed by atoms with E-state index in [4.69, 9.17) is 9.47 Å². The van der Waals surface area contributed by atoms with Crippen LogP contribution >= 0.6 is 0 Å². The van der Waals surface area contributed by atoms with E-state index in [2.05, 4.69) is 0 Å². The number of hydrogen-bond acceptors (Lipinski definition) is 5. The number of carbonyl (C=O) groups excluding carboxylic acids is 3. The lowest BCUT2D eigenvalue weighted by Gasteiger charge is -2.35. The topological polar surface area (TPSA) is 76.2 Å². The SMILES string of the molecule is COc1ccc(OC)c(C=C2C(=O)N(c3ccccc3C)C(=O)N(c3ccccc3C)C2=O)c1. The van der Waals surface area contributed by atoms with E-state index in [1.54, 1.807) is 68.4 Å². The van der Waals surface area contributed by atoms with E-state index in [1.165, 1.54) is 20.3 Å². The molecule has 0 N–H and O–H groups in total. The molecule has 3 aromatic rings. The molecule has 7 heteroatoms. The van der Waals surface area contributed by atoms with Crippen molar-refractivity contribution in [2.45, 2.75) is 13.8 Å². The van der Waals surface area contributed by atoms with E-state index in [-0.39, 0.29) is 5.57 Å². The average Bonchev–Trinajstić information content (AvgIpc) is 2.84. The van der Waals surface area contributed by atoms with Crippen molar-refractivity contribution in [2.75, 3.05) is 24.0 Å². The normalized spacial score (nSPS) is 13.9. The number of imide groups is 2. The average molecular weight is 456 g/mol.